The lowest BCUT2D eigenvalue weighted by Crippen LogP contribution is -2.05. The van der Waals surface area contributed by atoms with Crippen molar-refractivity contribution in [2.24, 2.45) is 0 Å². The van der Waals surface area contributed by atoms with Crippen molar-refractivity contribution in [3.8, 4) is 11.1 Å². The second-order valence-electron chi connectivity index (χ2n) is 3.94. The smallest absolute Gasteiger partial charge is 0.399 e. The lowest BCUT2D eigenvalue weighted by molar-refractivity contribution is -0.137. The summed E-state index contributed by atoms with van der Waals surface area (Å²) < 4.78 is 37.8. The predicted octanol–water partition coefficient (Wildman–Crippen LogP) is 5.26. The maximum absolute atomic E-state index is 12.6. The normalized spacial score (nSPS) is 11.6. The van der Waals surface area contributed by atoms with Gasteiger partial charge >= 0.3 is 6.18 Å². The Balaban J connectivity index is 2.60. The topological polar surface area (TPSA) is 26.0 Å². The van der Waals surface area contributed by atoms with Gasteiger partial charge in [0.05, 0.1) is 15.6 Å². The molecule has 2 rings (SSSR count). The highest BCUT2D eigenvalue weighted by Crippen LogP contribution is 2.40. The predicted molar refractivity (Wildman–Crippen MR) is 71.3 cm³/mol. The Morgan fingerprint density at radius 3 is 2.00 bits per heavy atom. The van der Waals surface area contributed by atoms with Gasteiger partial charge in [0, 0.05) is 11.3 Å². The van der Waals surface area contributed by atoms with E-state index in [4.69, 9.17) is 28.9 Å². The van der Waals surface area contributed by atoms with Crippen LogP contribution in [-0.2, 0) is 6.18 Å². The summed E-state index contributed by atoms with van der Waals surface area (Å²) in [5.74, 6) is 0. The molecule has 0 aliphatic rings. The summed E-state index contributed by atoms with van der Waals surface area (Å²) in [4.78, 5) is 0. The molecule has 0 aliphatic carbocycles. The Morgan fingerprint density at radius 2 is 1.53 bits per heavy atom. The number of hydrogen-bond acceptors (Lipinski definition) is 1. The van der Waals surface area contributed by atoms with E-state index in [1.807, 2.05) is 0 Å². The van der Waals surface area contributed by atoms with Gasteiger partial charge < -0.3 is 5.73 Å². The molecule has 1 nitrogen and oxygen atoms in total. The zero-order valence-corrected chi connectivity index (χ0v) is 10.9. The Bertz CT molecular complexity index is 601. The molecule has 0 atom stereocenters. The number of rotatable bonds is 1. The highest BCUT2D eigenvalue weighted by atomic mass is 35.5. The van der Waals surface area contributed by atoms with Crippen molar-refractivity contribution in [3.05, 3.63) is 52.0 Å². The van der Waals surface area contributed by atoms with Gasteiger partial charge in [-0.3, -0.25) is 0 Å². The van der Waals surface area contributed by atoms with Crippen LogP contribution in [0.5, 0.6) is 0 Å². The maximum atomic E-state index is 12.6. The average Bonchev–Trinajstić information content (AvgIpc) is 2.26. The van der Waals surface area contributed by atoms with Gasteiger partial charge in [0.25, 0.3) is 0 Å². The van der Waals surface area contributed by atoms with E-state index in [2.05, 4.69) is 0 Å². The van der Waals surface area contributed by atoms with Crippen LogP contribution < -0.4 is 5.73 Å². The van der Waals surface area contributed by atoms with Crippen LogP contribution in [0.2, 0.25) is 10.0 Å². The SMILES string of the molecule is Nc1cccc(-c2c(Cl)cc(C(F)(F)F)cc2Cl)c1. The maximum Gasteiger partial charge on any atom is 0.416 e. The van der Waals surface area contributed by atoms with Gasteiger partial charge in [-0.05, 0) is 29.8 Å². The number of nitrogens with two attached hydrogens (primary N) is 1. The van der Waals surface area contributed by atoms with Crippen molar-refractivity contribution in [1.82, 2.24) is 0 Å². The van der Waals surface area contributed by atoms with Crippen molar-refractivity contribution < 1.29 is 13.2 Å². The second-order valence-corrected chi connectivity index (χ2v) is 4.75. The largest absolute Gasteiger partial charge is 0.416 e. The summed E-state index contributed by atoms with van der Waals surface area (Å²) >= 11 is 11.8. The molecule has 0 unspecified atom stereocenters. The number of nitrogen functional groups attached to an aromatic ring is 1. The third-order valence-corrected chi connectivity index (χ3v) is 3.14. The summed E-state index contributed by atoms with van der Waals surface area (Å²) in [7, 11) is 0. The first kappa shape index (κ1) is 14.0. The van der Waals surface area contributed by atoms with Gasteiger partial charge in [0.1, 0.15) is 0 Å². The van der Waals surface area contributed by atoms with E-state index in [9.17, 15) is 13.2 Å². The fourth-order valence-electron chi connectivity index (χ4n) is 1.71. The van der Waals surface area contributed by atoms with Gasteiger partial charge in [-0.2, -0.15) is 13.2 Å². The molecule has 0 bridgehead atoms. The molecule has 0 saturated carbocycles. The molecule has 2 aromatic carbocycles. The standard InChI is InChI=1S/C13H8Cl2F3N/c14-10-5-8(13(16,17)18)6-11(15)12(10)7-2-1-3-9(19)4-7/h1-6H,19H2. The van der Waals surface area contributed by atoms with E-state index in [-0.39, 0.29) is 10.0 Å². The van der Waals surface area contributed by atoms with E-state index in [1.54, 1.807) is 24.3 Å². The minimum Gasteiger partial charge on any atom is -0.399 e. The van der Waals surface area contributed by atoms with Gasteiger partial charge in [-0.15, -0.1) is 0 Å². The summed E-state index contributed by atoms with van der Waals surface area (Å²) in [6, 6.07) is 8.32. The highest BCUT2D eigenvalue weighted by molar-refractivity contribution is 6.39. The zero-order valence-electron chi connectivity index (χ0n) is 9.43. The van der Waals surface area contributed by atoms with E-state index in [0.717, 1.165) is 12.1 Å². The number of anilines is 1. The molecule has 0 heterocycles. The zero-order chi connectivity index (χ0) is 14.2. The molecule has 0 radical (unpaired) electrons. The van der Waals surface area contributed by atoms with Crippen LogP contribution >= 0.6 is 23.2 Å². The van der Waals surface area contributed by atoms with Crippen LogP contribution in [0.4, 0.5) is 18.9 Å². The Kier molecular flexibility index (Phi) is 3.65. The van der Waals surface area contributed by atoms with E-state index in [1.165, 1.54) is 0 Å². The molecule has 6 heteroatoms. The third kappa shape index (κ3) is 2.96. The summed E-state index contributed by atoms with van der Waals surface area (Å²) in [6.45, 7) is 0. The molecule has 19 heavy (non-hydrogen) atoms. The summed E-state index contributed by atoms with van der Waals surface area (Å²) in [5, 5.41) is -0.129. The van der Waals surface area contributed by atoms with Gasteiger partial charge in [-0.25, -0.2) is 0 Å². The minimum absolute atomic E-state index is 0.0644. The minimum atomic E-state index is -4.48. The number of halogens is 5. The molecule has 0 amide bonds. The van der Waals surface area contributed by atoms with Crippen molar-refractivity contribution in [1.29, 1.82) is 0 Å². The molecule has 0 spiro atoms. The molecular formula is C13H8Cl2F3N. The molecule has 2 N–H and O–H groups in total. The fraction of sp³-hybridized carbons (Fsp3) is 0.0769. The van der Waals surface area contributed by atoms with Crippen LogP contribution in [0.3, 0.4) is 0 Å². The second kappa shape index (κ2) is 4.94. The van der Waals surface area contributed by atoms with Crippen molar-refractivity contribution >= 4 is 28.9 Å². The fourth-order valence-corrected chi connectivity index (χ4v) is 2.41. The number of benzene rings is 2. The van der Waals surface area contributed by atoms with E-state index in [0.29, 0.717) is 16.8 Å². The van der Waals surface area contributed by atoms with Crippen LogP contribution in [-0.4, -0.2) is 0 Å². The first-order chi connectivity index (χ1) is 8.79. The van der Waals surface area contributed by atoms with Gasteiger partial charge in [0.15, 0.2) is 0 Å². The number of alkyl halides is 3. The molecular weight excluding hydrogens is 298 g/mol. The van der Waals surface area contributed by atoms with E-state index < -0.39 is 11.7 Å². The van der Waals surface area contributed by atoms with Crippen LogP contribution in [0.1, 0.15) is 5.56 Å². The molecule has 0 fully saturated rings. The molecule has 2 aromatic rings. The molecule has 100 valence electrons. The van der Waals surface area contributed by atoms with Gasteiger partial charge in [0.2, 0.25) is 0 Å². The first-order valence-corrected chi connectivity index (χ1v) is 5.97. The number of hydrogen-bond donors (Lipinski definition) is 1. The molecule has 0 aliphatic heterocycles. The Labute approximate surface area is 117 Å². The third-order valence-electron chi connectivity index (χ3n) is 2.54. The summed E-state index contributed by atoms with van der Waals surface area (Å²) in [6.07, 6.45) is -4.48. The lowest BCUT2D eigenvalue weighted by atomic mass is 10.0. The highest BCUT2D eigenvalue weighted by Gasteiger charge is 2.32. The first-order valence-electron chi connectivity index (χ1n) is 5.21. The van der Waals surface area contributed by atoms with Gasteiger partial charge in [-0.1, -0.05) is 35.3 Å². The van der Waals surface area contributed by atoms with E-state index >= 15 is 0 Å². The molecule has 0 aromatic heterocycles. The van der Waals surface area contributed by atoms with Crippen LogP contribution in [0, 0.1) is 0 Å². The summed E-state index contributed by atoms with van der Waals surface area (Å²) in [5.41, 5.74) is 6.14. The van der Waals surface area contributed by atoms with Crippen molar-refractivity contribution in [2.45, 2.75) is 6.18 Å². The average molecular weight is 306 g/mol. The quantitative estimate of drug-likeness (QED) is 0.714. The lowest BCUT2D eigenvalue weighted by Gasteiger charge is -2.12. The van der Waals surface area contributed by atoms with Crippen LogP contribution in [0.15, 0.2) is 36.4 Å². The van der Waals surface area contributed by atoms with Crippen molar-refractivity contribution in [3.63, 3.8) is 0 Å². The molecule has 0 saturated heterocycles. The Morgan fingerprint density at radius 1 is 0.947 bits per heavy atom. The van der Waals surface area contributed by atoms with Crippen LogP contribution in [0.25, 0.3) is 11.1 Å². The van der Waals surface area contributed by atoms with Crippen molar-refractivity contribution in [2.75, 3.05) is 5.73 Å². The monoisotopic (exact) mass is 305 g/mol. The Hall–Kier alpha value is -1.39.